The number of aliphatic hydroxyl groups is 11. The van der Waals surface area contributed by atoms with Crippen LogP contribution in [0.3, 0.4) is 0 Å². The van der Waals surface area contributed by atoms with Gasteiger partial charge in [0, 0.05) is 19.8 Å². The van der Waals surface area contributed by atoms with Gasteiger partial charge in [0.15, 0.2) is 12.6 Å². The first-order chi connectivity index (χ1) is 42.9. The molecule has 0 aromatic heterocycles. The fourth-order valence-electron chi connectivity index (χ4n) is 12.2. The molecule has 23 heteroatoms. The summed E-state index contributed by atoms with van der Waals surface area (Å²) in [6.45, 7) is 2.20. The summed E-state index contributed by atoms with van der Waals surface area (Å²) in [6.07, 6.45) is 15.0. The molecule has 0 aromatic rings. The molecule has 0 saturated carbocycles. The number of nitrogens with one attached hydrogen (secondary N) is 2. The minimum Gasteiger partial charge on any atom is -0.477 e. The van der Waals surface area contributed by atoms with E-state index in [1.165, 1.54) is 122 Å². The van der Waals surface area contributed by atoms with Gasteiger partial charge in [-0.3, -0.25) is 9.59 Å². The lowest BCUT2D eigenvalue weighted by atomic mass is 9.88. The van der Waals surface area contributed by atoms with Crippen LogP contribution in [0.2, 0.25) is 0 Å². The van der Waals surface area contributed by atoms with E-state index in [0.29, 0.717) is 19.3 Å². The lowest BCUT2D eigenvalue weighted by molar-refractivity contribution is -0.386. The maximum atomic E-state index is 13.5. The minimum atomic E-state index is -3.08. The summed E-state index contributed by atoms with van der Waals surface area (Å²) in [5.74, 6) is -6.10. The topological polar surface area (TPSA) is 373 Å². The van der Waals surface area contributed by atoms with Crippen molar-refractivity contribution >= 4 is 17.8 Å². The Morgan fingerprint density at radius 3 is 1.52 bits per heavy atom. The van der Waals surface area contributed by atoms with Crippen molar-refractivity contribution in [3.8, 4) is 0 Å². The summed E-state index contributed by atoms with van der Waals surface area (Å²) in [5.41, 5.74) is 0. The summed E-state index contributed by atoms with van der Waals surface area (Å²) in [6, 6.07) is -2.53. The second-order valence-corrected chi connectivity index (χ2v) is 25.4. The number of hydrogen-bond acceptors (Lipinski definition) is 20. The largest absolute Gasteiger partial charge is 0.477 e. The molecule has 14 N–H and O–H groups in total. The van der Waals surface area contributed by atoms with Crippen LogP contribution in [0.4, 0.5) is 0 Å². The van der Waals surface area contributed by atoms with Crippen molar-refractivity contribution in [2.75, 3.05) is 26.4 Å². The molecule has 3 aliphatic heterocycles. The number of carboxylic acids is 1. The first kappa shape index (κ1) is 80.7. The number of aliphatic hydroxyl groups excluding tert-OH is 11. The molecule has 3 saturated heterocycles. The van der Waals surface area contributed by atoms with Crippen LogP contribution in [-0.2, 0) is 42.8 Å². The zero-order valence-corrected chi connectivity index (χ0v) is 54.3. The third kappa shape index (κ3) is 30.2. The van der Waals surface area contributed by atoms with Crippen LogP contribution < -0.4 is 10.6 Å². The standard InChI is InChI=1S/C66H122N2O21/c1-4-6-8-10-12-14-16-18-20-21-22-23-24-25-26-28-30-32-34-36-38-40-53(76)68-47(48(73)39-37-35-33-31-29-27-19-17-15-13-11-9-7-5-2)45-84-63-58(80)57(79)60(52(44-71)86-63)87-64-59(81)62(56(78)51(43-70)85-64)89-66(65(82)83)41-49(74)54(67-46(3)72)61(88-66)55(77)50(75)42-69/h23-24,47-52,54-64,69-71,73-75,77-81H,4-22,25-45H2,1-3H3,(H,67,72)(H,68,76)(H,82,83)/b24-23-. The summed E-state index contributed by atoms with van der Waals surface area (Å²) < 4.78 is 34.8. The fraction of sp³-hybridized carbons (Fsp3) is 0.924. The number of aliphatic carboxylic acids is 1. The van der Waals surface area contributed by atoms with E-state index in [9.17, 15) is 75.7 Å². The van der Waals surface area contributed by atoms with Crippen LogP contribution in [-0.4, -0.2) is 215 Å². The molecule has 18 atom stereocenters. The second kappa shape index (κ2) is 47.4. The molecular formula is C66H122N2O21. The van der Waals surface area contributed by atoms with Gasteiger partial charge in [-0.05, 0) is 38.5 Å². The van der Waals surface area contributed by atoms with Crippen LogP contribution in [0.15, 0.2) is 12.2 Å². The van der Waals surface area contributed by atoms with Gasteiger partial charge >= 0.3 is 5.97 Å². The Bertz CT molecular complexity index is 1860. The van der Waals surface area contributed by atoms with Crippen LogP contribution in [0.5, 0.6) is 0 Å². The maximum Gasteiger partial charge on any atom is 0.364 e. The van der Waals surface area contributed by atoms with Gasteiger partial charge in [-0.15, -0.1) is 0 Å². The highest BCUT2D eigenvalue weighted by molar-refractivity contribution is 5.77. The Hall–Kier alpha value is -2.53. The van der Waals surface area contributed by atoms with E-state index in [-0.39, 0.29) is 18.9 Å². The number of allylic oxidation sites excluding steroid dienone is 2. The maximum absolute atomic E-state index is 13.5. The molecule has 3 rings (SSSR count). The van der Waals surface area contributed by atoms with Gasteiger partial charge in [0.2, 0.25) is 11.8 Å². The van der Waals surface area contributed by atoms with Crippen molar-refractivity contribution in [3.05, 3.63) is 12.2 Å². The molecule has 3 fully saturated rings. The van der Waals surface area contributed by atoms with Crippen molar-refractivity contribution < 1.29 is 104 Å². The van der Waals surface area contributed by atoms with Crippen molar-refractivity contribution in [2.45, 2.75) is 362 Å². The summed E-state index contributed by atoms with van der Waals surface area (Å²) >= 11 is 0. The molecule has 2 amide bonds. The molecule has 0 radical (unpaired) electrons. The van der Waals surface area contributed by atoms with Gasteiger partial charge in [-0.25, -0.2) is 4.79 Å². The summed E-state index contributed by atoms with van der Waals surface area (Å²) in [5, 5.41) is 136. The van der Waals surface area contributed by atoms with Gasteiger partial charge in [0.25, 0.3) is 5.79 Å². The van der Waals surface area contributed by atoms with E-state index in [0.717, 1.165) is 84.0 Å². The van der Waals surface area contributed by atoms with Gasteiger partial charge in [0.1, 0.15) is 67.1 Å². The smallest absolute Gasteiger partial charge is 0.364 e. The Morgan fingerprint density at radius 1 is 0.573 bits per heavy atom. The molecule has 0 spiro atoms. The monoisotopic (exact) mass is 1280 g/mol. The predicted molar refractivity (Wildman–Crippen MR) is 334 cm³/mol. The highest BCUT2D eigenvalue weighted by Crippen LogP contribution is 2.39. The first-order valence-corrected chi connectivity index (χ1v) is 34.5. The van der Waals surface area contributed by atoms with E-state index in [4.69, 9.17) is 28.4 Å². The number of carbonyl (C=O) groups is 3. The number of hydrogen-bond donors (Lipinski definition) is 14. The van der Waals surface area contributed by atoms with Crippen LogP contribution >= 0.6 is 0 Å². The molecule has 89 heavy (non-hydrogen) atoms. The van der Waals surface area contributed by atoms with Crippen molar-refractivity contribution in [1.82, 2.24) is 10.6 Å². The average Bonchev–Trinajstić information content (AvgIpc) is 0.878. The van der Waals surface area contributed by atoms with Gasteiger partial charge < -0.3 is 100 Å². The van der Waals surface area contributed by atoms with Gasteiger partial charge in [-0.1, -0.05) is 206 Å². The van der Waals surface area contributed by atoms with Crippen LogP contribution in [0.1, 0.15) is 252 Å². The molecule has 23 nitrogen and oxygen atoms in total. The number of ether oxygens (including phenoxy) is 6. The van der Waals surface area contributed by atoms with Crippen molar-refractivity contribution in [1.29, 1.82) is 0 Å². The molecule has 3 heterocycles. The lowest BCUT2D eigenvalue weighted by Gasteiger charge is -2.50. The summed E-state index contributed by atoms with van der Waals surface area (Å²) in [4.78, 5) is 38.5. The van der Waals surface area contributed by atoms with E-state index < -0.39 is 148 Å². The van der Waals surface area contributed by atoms with Crippen LogP contribution in [0, 0.1) is 0 Å². The molecule has 3 aliphatic rings. The minimum absolute atomic E-state index is 0.220. The number of unbranched alkanes of at least 4 members (excludes halogenated alkanes) is 30. The average molecular weight is 1280 g/mol. The number of carbonyl (C=O) groups excluding carboxylic acids is 2. The summed E-state index contributed by atoms with van der Waals surface area (Å²) in [7, 11) is 0. The fourth-order valence-corrected chi connectivity index (χ4v) is 12.2. The zero-order chi connectivity index (χ0) is 65.4. The normalized spacial score (nSPS) is 28.8. The Balaban J connectivity index is 1.59. The molecule has 0 aliphatic carbocycles. The van der Waals surface area contributed by atoms with E-state index in [1.807, 2.05) is 0 Å². The SMILES string of the molecule is CCCCCCCCCCCC/C=C\CCCCCCCCCC(=O)NC(COC1OC(CO)C(OC2OC(CO)C(O)C(OC3(C(=O)O)CC(O)C(NC(C)=O)C(C(O)C(O)CO)O3)C2O)C(O)C1O)C(O)CCCCCCCCCCCCCCCC. The quantitative estimate of drug-likeness (QED) is 0.0249. The van der Waals surface area contributed by atoms with E-state index in [2.05, 4.69) is 36.6 Å². The number of rotatable bonds is 52. The molecule has 522 valence electrons. The Labute approximate surface area is 531 Å². The van der Waals surface area contributed by atoms with Gasteiger partial charge in [0.05, 0.1) is 50.7 Å². The van der Waals surface area contributed by atoms with Crippen molar-refractivity contribution in [2.24, 2.45) is 0 Å². The molecule has 0 bridgehead atoms. The predicted octanol–water partition coefficient (Wildman–Crippen LogP) is 5.90. The third-order valence-electron chi connectivity index (χ3n) is 17.7. The van der Waals surface area contributed by atoms with E-state index in [1.54, 1.807) is 0 Å². The molecule has 18 unspecified atom stereocenters. The van der Waals surface area contributed by atoms with Crippen LogP contribution in [0.25, 0.3) is 0 Å². The number of carboxylic acid groups (broad SMARTS) is 1. The van der Waals surface area contributed by atoms with Gasteiger partial charge in [-0.2, -0.15) is 0 Å². The highest BCUT2D eigenvalue weighted by Gasteiger charge is 2.60. The van der Waals surface area contributed by atoms with E-state index >= 15 is 0 Å². The first-order valence-electron chi connectivity index (χ1n) is 34.5. The number of amides is 2. The molecular weight excluding hydrogens is 1160 g/mol. The van der Waals surface area contributed by atoms with Crippen molar-refractivity contribution in [3.63, 3.8) is 0 Å². The Kier molecular flexibility index (Phi) is 43.0. The third-order valence-corrected chi connectivity index (χ3v) is 17.7. The zero-order valence-electron chi connectivity index (χ0n) is 54.3. The Morgan fingerprint density at radius 2 is 1.04 bits per heavy atom. The molecule has 0 aromatic carbocycles. The lowest BCUT2D eigenvalue weighted by Crippen LogP contribution is -2.70. The second-order valence-electron chi connectivity index (χ2n) is 25.4. The highest BCUT2D eigenvalue weighted by atomic mass is 16.8.